The summed E-state index contributed by atoms with van der Waals surface area (Å²) in [4.78, 5) is 21.9. The van der Waals surface area contributed by atoms with E-state index >= 15 is 0 Å². The van der Waals surface area contributed by atoms with Gasteiger partial charge in [0.2, 0.25) is 0 Å². The Bertz CT molecular complexity index is 418. The summed E-state index contributed by atoms with van der Waals surface area (Å²) >= 11 is 8.68. The van der Waals surface area contributed by atoms with E-state index in [9.17, 15) is 9.59 Å². The highest BCUT2D eigenvalue weighted by Gasteiger charge is 2.10. The van der Waals surface area contributed by atoms with Crippen molar-refractivity contribution in [2.75, 3.05) is 5.88 Å². The van der Waals surface area contributed by atoms with E-state index in [1.807, 2.05) is 0 Å². The van der Waals surface area contributed by atoms with Gasteiger partial charge in [0.05, 0.1) is 12.3 Å². The lowest BCUT2D eigenvalue weighted by atomic mass is 10.0. The molecule has 0 aliphatic carbocycles. The Morgan fingerprint density at radius 2 is 1.94 bits per heavy atom. The molecule has 1 aromatic rings. The summed E-state index contributed by atoms with van der Waals surface area (Å²) in [7, 11) is 0. The minimum absolute atomic E-state index is 0.0530. The predicted octanol–water partition coefficient (Wildman–Crippen LogP) is 2.43. The third-order valence-corrected chi connectivity index (χ3v) is 2.84. The molecule has 3 nitrogen and oxygen atoms in total. The molecule has 0 spiro atoms. The zero-order valence-electron chi connectivity index (χ0n) is 8.37. The maximum Gasteiger partial charge on any atom is 0.307 e. The van der Waals surface area contributed by atoms with E-state index < -0.39 is 5.97 Å². The van der Waals surface area contributed by atoms with Crippen molar-refractivity contribution < 1.29 is 14.7 Å². The molecule has 0 aromatic heterocycles. The molecule has 0 amide bonds. The van der Waals surface area contributed by atoms with Gasteiger partial charge in [-0.1, -0.05) is 22.0 Å². The molecule has 0 bridgehead atoms. The monoisotopic (exact) mass is 304 g/mol. The Balaban J connectivity index is 2.97. The number of benzene rings is 1. The minimum Gasteiger partial charge on any atom is -0.481 e. The number of halogens is 2. The number of carbonyl (C=O) groups is 2. The van der Waals surface area contributed by atoms with Gasteiger partial charge in [0.1, 0.15) is 0 Å². The average molecular weight is 306 g/mol. The van der Waals surface area contributed by atoms with Crippen LogP contribution in [-0.2, 0) is 22.4 Å². The van der Waals surface area contributed by atoms with Crippen LogP contribution in [-0.4, -0.2) is 22.7 Å². The van der Waals surface area contributed by atoms with Gasteiger partial charge in [-0.15, -0.1) is 11.6 Å². The van der Waals surface area contributed by atoms with Crippen LogP contribution in [0.5, 0.6) is 0 Å². The van der Waals surface area contributed by atoms with Crippen molar-refractivity contribution in [3.05, 3.63) is 33.8 Å². The zero-order chi connectivity index (χ0) is 12.1. The molecule has 1 rings (SSSR count). The fourth-order valence-electron chi connectivity index (χ4n) is 1.35. The number of aliphatic carboxylic acids is 1. The quantitative estimate of drug-likeness (QED) is 0.850. The molecule has 0 atom stereocenters. The first-order chi connectivity index (χ1) is 7.52. The molecule has 0 saturated heterocycles. The molecule has 0 saturated carbocycles. The molecular formula is C11H10BrClO3. The number of carbonyl (C=O) groups excluding carboxylic acids is 1. The lowest BCUT2D eigenvalue weighted by molar-refractivity contribution is -0.136. The number of ketones is 1. The van der Waals surface area contributed by atoms with Gasteiger partial charge in [-0.3, -0.25) is 9.59 Å². The smallest absolute Gasteiger partial charge is 0.307 e. The van der Waals surface area contributed by atoms with Crippen LogP contribution in [0, 0.1) is 0 Å². The summed E-state index contributed by atoms with van der Waals surface area (Å²) in [5.74, 6) is -1.09. The Morgan fingerprint density at radius 1 is 1.25 bits per heavy atom. The number of Topliss-reactive ketones (excluding diaryl/α,β-unsaturated/α-hetero) is 1. The summed E-state index contributed by atoms with van der Waals surface area (Å²) in [5.41, 5.74) is 1.36. The number of alkyl halides is 1. The van der Waals surface area contributed by atoms with Crippen LogP contribution >= 0.6 is 27.5 Å². The molecule has 5 heteroatoms. The summed E-state index contributed by atoms with van der Waals surface area (Å²) in [6, 6.07) is 5.24. The van der Waals surface area contributed by atoms with E-state index in [1.54, 1.807) is 18.2 Å². The van der Waals surface area contributed by atoms with Crippen LogP contribution in [0.4, 0.5) is 0 Å². The van der Waals surface area contributed by atoms with Gasteiger partial charge in [0.15, 0.2) is 5.78 Å². The van der Waals surface area contributed by atoms with E-state index in [4.69, 9.17) is 16.7 Å². The maximum atomic E-state index is 11.2. The van der Waals surface area contributed by atoms with E-state index in [1.165, 1.54) is 0 Å². The van der Waals surface area contributed by atoms with Gasteiger partial charge in [0, 0.05) is 10.9 Å². The van der Waals surface area contributed by atoms with E-state index in [0.29, 0.717) is 5.56 Å². The van der Waals surface area contributed by atoms with Crippen molar-refractivity contribution in [1.82, 2.24) is 0 Å². The molecule has 1 aromatic carbocycles. The average Bonchev–Trinajstić information content (AvgIpc) is 2.21. The maximum absolute atomic E-state index is 11.2. The second-order valence-corrected chi connectivity index (χ2v) is 4.52. The number of hydrogen-bond acceptors (Lipinski definition) is 2. The van der Waals surface area contributed by atoms with Gasteiger partial charge < -0.3 is 5.11 Å². The third kappa shape index (κ3) is 3.94. The topological polar surface area (TPSA) is 54.4 Å². The molecule has 0 heterocycles. The van der Waals surface area contributed by atoms with Gasteiger partial charge in [-0.2, -0.15) is 0 Å². The van der Waals surface area contributed by atoms with Crippen molar-refractivity contribution in [1.29, 1.82) is 0 Å². The van der Waals surface area contributed by atoms with Crippen LogP contribution < -0.4 is 0 Å². The van der Waals surface area contributed by atoms with Crippen LogP contribution in [0.25, 0.3) is 0 Å². The van der Waals surface area contributed by atoms with E-state index in [2.05, 4.69) is 15.9 Å². The Labute approximate surface area is 107 Å². The van der Waals surface area contributed by atoms with Crippen molar-refractivity contribution in [3.63, 3.8) is 0 Å². The second-order valence-electron chi connectivity index (χ2n) is 3.33. The molecule has 0 aliphatic rings. The van der Waals surface area contributed by atoms with Crippen LogP contribution in [0.2, 0.25) is 0 Å². The lowest BCUT2D eigenvalue weighted by Crippen LogP contribution is -2.09. The van der Waals surface area contributed by atoms with Crippen LogP contribution in [0.1, 0.15) is 11.1 Å². The Kier molecular flexibility index (Phi) is 4.96. The molecule has 1 N–H and O–H groups in total. The predicted molar refractivity (Wildman–Crippen MR) is 64.9 cm³/mol. The van der Waals surface area contributed by atoms with Crippen molar-refractivity contribution in [2.45, 2.75) is 12.8 Å². The summed E-state index contributed by atoms with van der Waals surface area (Å²) in [6.45, 7) is 0. The summed E-state index contributed by atoms with van der Waals surface area (Å²) < 4.78 is 0.797. The van der Waals surface area contributed by atoms with Gasteiger partial charge in [-0.25, -0.2) is 0 Å². The number of carboxylic acids is 1. The first-order valence-electron chi connectivity index (χ1n) is 4.59. The molecule has 86 valence electrons. The van der Waals surface area contributed by atoms with E-state index in [0.717, 1.165) is 10.0 Å². The molecule has 0 fully saturated rings. The number of carboxylic acid groups (broad SMARTS) is 1. The zero-order valence-corrected chi connectivity index (χ0v) is 10.7. The van der Waals surface area contributed by atoms with Crippen LogP contribution in [0.15, 0.2) is 22.7 Å². The van der Waals surface area contributed by atoms with Crippen molar-refractivity contribution >= 4 is 39.3 Å². The van der Waals surface area contributed by atoms with Gasteiger partial charge in [-0.05, 0) is 23.3 Å². The molecule has 0 unspecified atom stereocenters. The normalized spacial score (nSPS) is 10.1. The largest absolute Gasteiger partial charge is 0.481 e. The second kappa shape index (κ2) is 6.01. The number of rotatable bonds is 5. The molecule has 16 heavy (non-hydrogen) atoms. The van der Waals surface area contributed by atoms with E-state index in [-0.39, 0.29) is 24.5 Å². The SMILES string of the molecule is O=C(O)Cc1cc(Br)ccc1CC(=O)CCl. The highest BCUT2D eigenvalue weighted by molar-refractivity contribution is 9.10. The van der Waals surface area contributed by atoms with Crippen molar-refractivity contribution in [3.8, 4) is 0 Å². The minimum atomic E-state index is -0.919. The Hall–Kier alpha value is -0.870. The standard InChI is InChI=1S/C11H10BrClO3/c12-9-2-1-7(4-10(14)6-13)8(3-9)5-11(15)16/h1-3H,4-6H2,(H,15,16). The fraction of sp³-hybridized carbons (Fsp3) is 0.273. The van der Waals surface area contributed by atoms with Crippen molar-refractivity contribution in [2.24, 2.45) is 0 Å². The van der Waals surface area contributed by atoms with Crippen LogP contribution in [0.3, 0.4) is 0 Å². The summed E-state index contributed by atoms with van der Waals surface area (Å²) in [6.07, 6.45) is 0.0870. The molecule has 0 aliphatic heterocycles. The number of hydrogen-bond donors (Lipinski definition) is 1. The first kappa shape index (κ1) is 13.2. The summed E-state index contributed by atoms with van der Waals surface area (Å²) in [5, 5.41) is 8.75. The Morgan fingerprint density at radius 3 is 2.50 bits per heavy atom. The molecule has 0 radical (unpaired) electrons. The highest BCUT2D eigenvalue weighted by atomic mass is 79.9. The van der Waals surface area contributed by atoms with Gasteiger partial charge >= 0.3 is 5.97 Å². The fourth-order valence-corrected chi connectivity index (χ4v) is 1.86. The van der Waals surface area contributed by atoms with Gasteiger partial charge in [0.25, 0.3) is 0 Å². The lowest BCUT2D eigenvalue weighted by Gasteiger charge is -2.07. The first-order valence-corrected chi connectivity index (χ1v) is 5.92. The highest BCUT2D eigenvalue weighted by Crippen LogP contribution is 2.18. The third-order valence-electron chi connectivity index (χ3n) is 2.05. The molecular weight excluding hydrogens is 295 g/mol.